The second-order valence-corrected chi connectivity index (χ2v) is 12.0. The maximum absolute atomic E-state index is 14.1. The highest BCUT2D eigenvalue weighted by atomic mass is 35.5. The Morgan fingerprint density at radius 1 is 1.05 bits per heavy atom. The Hall–Kier alpha value is -3.92. The number of alkyl carbamates (subject to hydrolysis) is 1. The largest absolute Gasteiger partial charge is 0.445 e. The molecule has 5 atom stereocenters. The molecule has 43 heavy (non-hydrogen) atoms. The minimum Gasteiger partial charge on any atom is -0.445 e. The van der Waals surface area contributed by atoms with Crippen LogP contribution in [0.25, 0.3) is 0 Å². The summed E-state index contributed by atoms with van der Waals surface area (Å²) in [5, 5.41) is 8.80. The molecule has 1 unspecified atom stereocenters. The van der Waals surface area contributed by atoms with Crippen LogP contribution in [-0.4, -0.2) is 66.2 Å². The third-order valence-electron chi connectivity index (χ3n) is 8.20. The molecule has 2 aromatic rings. The van der Waals surface area contributed by atoms with Gasteiger partial charge in [-0.2, -0.15) is 0 Å². The fraction of sp³-hybridized carbons (Fsp3) is 0.469. The Labute approximate surface area is 256 Å². The molecule has 2 heterocycles. The normalized spacial score (nSPS) is 21.2. The molecule has 0 aliphatic carbocycles. The third-order valence-corrected chi connectivity index (χ3v) is 8.45. The summed E-state index contributed by atoms with van der Waals surface area (Å²) in [4.78, 5) is 66.2. The number of carbonyl (C=O) groups excluding carboxylic acids is 5. The third kappa shape index (κ3) is 8.56. The Bertz CT molecular complexity index is 1290. The van der Waals surface area contributed by atoms with Crippen molar-refractivity contribution in [3.63, 3.8) is 0 Å². The van der Waals surface area contributed by atoms with Crippen molar-refractivity contribution in [2.24, 2.45) is 17.8 Å². The fourth-order valence-corrected chi connectivity index (χ4v) is 5.98. The number of halogens is 1. The zero-order chi connectivity index (χ0) is 30.9. The smallest absolute Gasteiger partial charge is 0.408 e. The number of benzene rings is 2. The Morgan fingerprint density at radius 2 is 1.77 bits per heavy atom. The van der Waals surface area contributed by atoms with E-state index in [0.717, 1.165) is 11.1 Å². The van der Waals surface area contributed by atoms with Gasteiger partial charge in [-0.3, -0.25) is 14.4 Å². The van der Waals surface area contributed by atoms with E-state index >= 15 is 0 Å². The van der Waals surface area contributed by atoms with Gasteiger partial charge >= 0.3 is 6.09 Å². The number of ether oxygens (including phenoxy) is 1. The summed E-state index contributed by atoms with van der Waals surface area (Å²) in [5.74, 6) is -1.44. The number of nitrogens with one attached hydrogen (secondary N) is 3. The van der Waals surface area contributed by atoms with E-state index in [-0.39, 0.29) is 43.1 Å². The van der Waals surface area contributed by atoms with Gasteiger partial charge < -0.3 is 30.4 Å². The second-order valence-electron chi connectivity index (χ2n) is 11.5. The summed E-state index contributed by atoms with van der Waals surface area (Å²) in [6.45, 7) is 4.87. The van der Waals surface area contributed by atoms with E-state index in [1.165, 1.54) is 4.90 Å². The molecule has 0 radical (unpaired) electrons. The van der Waals surface area contributed by atoms with E-state index in [2.05, 4.69) is 16.0 Å². The first-order chi connectivity index (χ1) is 20.7. The van der Waals surface area contributed by atoms with Gasteiger partial charge in [-0.1, -0.05) is 67.9 Å². The molecule has 2 aliphatic rings. The summed E-state index contributed by atoms with van der Waals surface area (Å²) in [6, 6.07) is 13.4. The highest BCUT2D eigenvalue weighted by Crippen LogP contribution is 2.32. The number of rotatable bonds is 12. The van der Waals surface area contributed by atoms with Crippen molar-refractivity contribution in [2.75, 3.05) is 13.1 Å². The van der Waals surface area contributed by atoms with Crippen LogP contribution in [0, 0.1) is 17.8 Å². The maximum atomic E-state index is 14.1. The Balaban J connectivity index is 1.52. The Morgan fingerprint density at radius 3 is 2.40 bits per heavy atom. The van der Waals surface area contributed by atoms with Crippen molar-refractivity contribution in [1.82, 2.24) is 20.9 Å². The van der Waals surface area contributed by atoms with Gasteiger partial charge in [0, 0.05) is 30.5 Å². The highest BCUT2D eigenvalue weighted by molar-refractivity contribution is 6.30. The predicted octanol–water partition coefficient (Wildman–Crippen LogP) is 3.26. The zero-order valence-electron chi connectivity index (χ0n) is 24.5. The van der Waals surface area contributed by atoms with Crippen LogP contribution in [0.4, 0.5) is 4.79 Å². The molecule has 2 aromatic carbocycles. The summed E-state index contributed by atoms with van der Waals surface area (Å²) in [5.41, 5.74) is 1.57. The van der Waals surface area contributed by atoms with E-state index in [4.69, 9.17) is 16.3 Å². The summed E-state index contributed by atoms with van der Waals surface area (Å²) in [6.07, 6.45) is 1.42. The number of nitrogens with zero attached hydrogens (tertiary/aromatic N) is 1. The van der Waals surface area contributed by atoms with Gasteiger partial charge in [0.05, 0.1) is 6.04 Å². The maximum Gasteiger partial charge on any atom is 0.408 e. The SMILES string of the molecule is CC(C)C1CCN(C(=O)[C@H](Cc2ccc(Cl)cc2)NC(=O)OCc2ccccc2)[C@@H]1C(=O)N[C@H](C=O)C[C@@H]1CCNC1=O. The van der Waals surface area contributed by atoms with Gasteiger partial charge in [-0.25, -0.2) is 4.79 Å². The molecule has 0 aromatic heterocycles. The van der Waals surface area contributed by atoms with Crippen LogP contribution in [0.2, 0.25) is 5.02 Å². The highest BCUT2D eigenvalue weighted by Gasteiger charge is 2.45. The minimum atomic E-state index is -1.02. The van der Waals surface area contributed by atoms with Crippen LogP contribution >= 0.6 is 11.6 Å². The molecule has 0 bridgehead atoms. The molecule has 0 saturated carbocycles. The number of hydrogen-bond acceptors (Lipinski definition) is 6. The molecular weight excluding hydrogens is 572 g/mol. The van der Waals surface area contributed by atoms with Crippen molar-refractivity contribution < 1.29 is 28.7 Å². The topological polar surface area (TPSA) is 134 Å². The quantitative estimate of drug-likeness (QED) is 0.316. The van der Waals surface area contributed by atoms with Crippen molar-refractivity contribution in [3.05, 3.63) is 70.7 Å². The summed E-state index contributed by atoms with van der Waals surface area (Å²) in [7, 11) is 0. The molecule has 10 nitrogen and oxygen atoms in total. The Kier molecular flexibility index (Phi) is 11.2. The summed E-state index contributed by atoms with van der Waals surface area (Å²) < 4.78 is 5.41. The molecule has 11 heteroatoms. The van der Waals surface area contributed by atoms with Crippen LogP contribution in [0.3, 0.4) is 0 Å². The summed E-state index contributed by atoms with van der Waals surface area (Å²) >= 11 is 6.06. The van der Waals surface area contributed by atoms with Gasteiger partial charge in [0.2, 0.25) is 17.7 Å². The van der Waals surface area contributed by atoms with E-state index < -0.39 is 36.0 Å². The number of hydrogen-bond donors (Lipinski definition) is 3. The number of aldehydes is 1. The number of likely N-dealkylation sites (tertiary alicyclic amines) is 1. The van der Waals surface area contributed by atoms with Gasteiger partial charge in [0.1, 0.15) is 25.0 Å². The molecule has 2 aliphatic heterocycles. The molecule has 2 saturated heterocycles. The van der Waals surface area contributed by atoms with Crippen molar-refractivity contribution in [1.29, 1.82) is 0 Å². The van der Waals surface area contributed by atoms with E-state index in [1.807, 2.05) is 44.2 Å². The fourth-order valence-electron chi connectivity index (χ4n) is 5.85. The molecular formula is C32H39ClN4O6. The molecule has 230 valence electrons. The van der Waals surface area contributed by atoms with Crippen LogP contribution in [-0.2, 0) is 36.9 Å². The van der Waals surface area contributed by atoms with Crippen LogP contribution < -0.4 is 16.0 Å². The lowest BCUT2D eigenvalue weighted by molar-refractivity contribution is -0.141. The number of carbonyl (C=O) groups is 5. The van der Waals surface area contributed by atoms with Gasteiger partial charge in [-0.15, -0.1) is 0 Å². The lowest BCUT2D eigenvalue weighted by atomic mass is 9.87. The van der Waals surface area contributed by atoms with Crippen LogP contribution in [0.5, 0.6) is 0 Å². The second kappa shape index (κ2) is 15.0. The average Bonchev–Trinajstić information content (AvgIpc) is 3.63. The zero-order valence-corrected chi connectivity index (χ0v) is 25.2. The van der Waals surface area contributed by atoms with Crippen LogP contribution in [0.15, 0.2) is 54.6 Å². The minimum absolute atomic E-state index is 0.0325. The van der Waals surface area contributed by atoms with Crippen LogP contribution in [0.1, 0.15) is 44.2 Å². The van der Waals surface area contributed by atoms with Gasteiger partial charge in [0.15, 0.2) is 0 Å². The van der Waals surface area contributed by atoms with E-state index in [1.54, 1.807) is 24.3 Å². The standard InChI is InChI=1S/C32H39ClN4O6/c1-20(2)26-13-15-37(28(26)30(40)35-25(18-38)17-23-12-14-34-29(23)39)31(41)27(16-21-8-10-24(33)11-9-21)36-32(42)43-19-22-6-4-3-5-7-22/h3-11,18,20,23,25-28H,12-17,19H2,1-2H3,(H,34,39)(H,35,40)(H,36,42)/t23-,25-,26?,27-,28-/m0/s1. The van der Waals surface area contributed by atoms with Gasteiger partial charge in [0.25, 0.3) is 0 Å². The molecule has 4 rings (SSSR count). The number of amides is 4. The van der Waals surface area contributed by atoms with Crippen molar-refractivity contribution >= 4 is 41.7 Å². The van der Waals surface area contributed by atoms with Crippen molar-refractivity contribution in [2.45, 2.75) is 64.3 Å². The van der Waals surface area contributed by atoms with Crippen molar-refractivity contribution in [3.8, 4) is 0 Å². The monoisotopic (exact) mass is 610 g/mol. The first-order valence-electron chi connectivity index (χ1n) is 14.7. The first kappa shape index (κ1) is 32.0. The molecule has 3 N–H and O–H groups in total. The first-order valence-corrected chi connectivity index (χ1v) is 15.1. The lowest BCUT2D eigenvalue weighted by Crippen LogP contribution is -2.57. The molecule has 4 amide bonds. The lowest BCUT2D eigenvalue weighted by Gasteiger charge is -2.32. The van der Waals surface area contributed by atoms with E-state index in [9.17, 15) is 24.0 Å². The molecule has 2 fully saturated rings. The van der Waals surface area contributed by atoms with Gasteiger partial charge in [-0.05, 0) is 54.4 Å². The average molecular weight is 611 g/mol. The molecule has 0 spiro atoms. The predicted molar refractivity (Wildman–Crippen MR) is 161 cm³/mol. The van der Waals surface area contributed by atoms with E-state index in [0.29, 0.717) is 37.2 Å².